The molecular formula is C14H23BrN2. The molecule has 17 heavy (non-hydrogen) atoms. The van der Waals surface area contributed by atoms with E-state index in [2.05, 4.69) is 58.2 Å². The van der Waals surface area contributed by atoms with Crippen molar-refractivity contribution in [1.29, 1.82) is 0 Å². The largest absolute Gasteiger partial charge is 0.383 e. The number of para-hydroxylation sites is 1. The monoisotopic (exact) mass is 298 g/mol. The molecule has 3 heteroatoms. The SMILES string of the molecule is CCCCN(CC)CCNc1ccccc1Br. The van der Waals surface area contributed by atoms with E-state index in [1.54, 1.807) is 0 Å². The van der Waals surface area contributed by atoms with E-state index < -0.39 is 0 Å². The van der Waals surface area contributed by atoms with E-state index in [0.29, 0.717) is 0 Å². The zero-order chi connectivity index (χ0) is 12.5. The molecule has 0 amide bonds. The molecule has 0 aliphatic carbocycles. The van der Waals surface area contributed by atoms with Gasteiger partial charge in [0.2, 0.25) is 0 Å². The Labute approximate surface area is 114 Å². The topological polar surface area (TPSA) is 15.3 Å². The van der Waals surface area contributed by atoms with E-state index in [0.717, 1.165) is 24.1 Å². The molecule has 96 valence electrons. The van der Waals surface area contributed by atoms with Crippen molar-refractivity contribution in [2.24, 2.45) is 0 Å². The maximum absolute atomic E-state index is 3.55. The van der Waals surface area contributed by atoms with Crippen LogP contribution in [0.25, 0.3) is 0 Å². The molecule has 0 aliphatic rings. The predicted molar refractivity (Wildman–Crippen MR) is 79.7 cm³/mol. The lowest BCUT2D eigenvalue weighted by molar-refractivity contribution is 0.294. The zero-order valence-electron chi connectivity index (χ0n) is 10.9. The fourth-order valence-corrected chi connectivity index (χ4v) is 2.19. The Morgan fingerprint density at radius 2 is 1.94 bits per heavy atom. The number of likely N-dealkylation sites (N-methyl/N-ethyl adjacent to an activating group) is 1. The molecule has 0 spiro atoms. The number of rotatable bonds is 8. The van der Waals surface area contributed by atoms with Crippen molar-refractivity contribution in [3.05, 3.63) is 28.7 Å². The fraction of sp³-hybridized carbons (Fsp3) is 0.571. The van der Waals surface area contributed by atoms with Gasteiger partial charge in [0.1, 0.15) is 0 Å². The summed E-state index contributed by atoms with van der Waals surface area (Å²) in [5.74, 6) is 0. The first-order valence-corrected chi connectivity index (χ1v) is 7.28. The summed E-state index contributed by atoms with van der Waals surface area (Å²) < 4.78 is 1.14. The highest BCUT2D eigenvalue weighted by Gasteiger charge is 2.02. The third kappa shape index (κ3) is 5.55. The number of hydrogen-bond donors (Lipinski definition) is 1. The number of benzene rings is 1. The highest BCUT2D eigenvalue weighted by Crippen LogP contribution is 2.20. The van der Waals surface area contributed by atoms with Gasteiger partial charge in [-0.1, -0.05) is 32.4 Å². The predicted octanol–water partition coefficient (Wildman–Crippen LogP) is 3.98. The minimum Gasteiger partial charge on any atom is -0.383 e. The van der Waals surface area contributed by atoms with Crippen LogP contribution in [0.4, 0.5) is 5.69 Å². The highest BCUT2D eigenvalue weighted by molar-refractivity contribution is 9.10. The van der Waals surface area contributed by atoms with Gasteiger partial charge in [0, 0.05) is 23.2 Å². The average Bonchev–Trinajstić information content (AvgIpc) is 2.35. The van der Waals surface area contributed by atoms with Crippen molar-refractivity contribution in [1.82, 2.24) is 4.90 Å². The summed E-state index contributed by atoms with van der Waals surface area (Å²) in [7, 11) is 0. The van der Waals surface area contributed by atoms with Crippen LogP contribution in [0.2, 0.25) is 0 Å². The van der Waals surface area contributed by atoms with Gasteiger partial charge in [0.25, 0.3) is 0 Å². The molecule has 0 fully saturated rings. The van der Waals surface area contributed by atoms with E-state index in [1.807, 2.05) is 6.07 Å². The van der Waals surface area contributed by atoms with Crippen molar-refractivity contribution < 1.29 is 0 Å². The molecule has 0 atom stereocenters. The van der Waals surface area contributed by atoms with Crippen LogP contribution in [0.15, 0.2) is 28.7 Å². The second-order valence-electron chi connectivity index (χ2n) is 4.19. The summed E-state index contributed by atoms with van der Waals surface area (Å²) in [6.45, 7) is 8.93. The Morgan fingerprint density at radius 3 is 2.59 bits per heavy atom. The summed E-state index contributed by atoms with van der Waals surface area (Å²) >= 11 is 3.55. The van der Waals surface area contributed by atoms with E-state index in [-0.39, 0.29) is 0 Å². The van der Waals surface area contributed by atoms with E-state index >= 15 is 0 Å². The lowest BCUT2D eigenvalue weighted by atomic mass is 10.3. The number of halogens is 1. The number of unbranched alkanes of at least 4 members (excludes halogenated alkanes) is 1. The standard InChI is InChI=1S/C14H23BrN2/c1-3-5-11-17(4-2)12-10-16-14-9-7-6-8-13(14)15/h6-9,16H,3-5,10-12H2,1-2H3. The Morgan fingerprint density at radius 1 is 1.18 bits per heavy atom. The highest BCUT2D eigenvalue weighted by atomic mass is 79.9. The third-order valence-electron chi connectivity index (χ3n) is 2.89. The lowest BCUT2D eigenvalue weighted by Gasteiger charge is -2.20. The van der Waals surface area contributed by atoms with Gasteiger partial charge in [0.05, 0.1) is 0 Å². The first-order chi connectivity index (χ1) is 8.27. The number of hydrogen-bond acceptors (Lipinski definition) is 2. The maximum Gasteiger partial charge on any atom is 0.0485 e. The normalized spacial score (nSPS) is 10.8. The van der Waals surface area contributed by atoms with Crippen LogP contribution in [0.3, 0.4) is 0 Å². The minimum absolute atomic E-state index is 1.00. The van der Waals surface area contributed by atoms with Gasteiger partial charge in [-0.25, -0.2) is 0 Å². The quantitative estimate of drug-likeness (QED) is 0.781. The van der Waals surface area contributed by atoms with E-state index in [1.165, 1.54) is 25.1 Å². The molecule has 1 aromatic carbocycles. The van der Waals surface area contributed by atoms with Crippen LogP contribution < -0.4 is 5.32 Å². The third-order valence-corrected chi connectivity index (χ3v) is 3.58. The molecule has 1 N–H and O–H groups in total. The van der Waals surface area contributed by atoms with Gasteiger partial charge in [-0.05, 0) is 47.6 Å². The fourth-order valence-electron chi connectivity index (χ4n) is 1.76. The first-order valence-electron chi connectivity index (χ1n) is 6.48. The van der Waals surface area contributed by atoms with Crippen molar-refractivity contribution in [2.45, 2.75) is 26.7 Å². The molecule has 0 aromatic heterocycles. The summed E-state index contributed by atoms with van der Waals surface area (Å²) in [6.07, 6.45) is 2.57. The zero-order valence-corrected chi connectivity index (χ0v) is 12.5. The van der Waals surface area contributed by atoms with E-state index in [9.17, 15) is 0 Å². The Balaban J connectivity index is 2.28. The maximum atomic E-state index is 3.55. The Bertz CT molecular complexity index is 315. The van der Waals surface area contributed by atoms with Crippen LogP contribution in [0, 0.1) is 0 Å². The second kappa shape index (κ2) is 8.54. The van der Waals surface area contributed by atoms with Gasteiger partial charge in [-0.2, -0.15) is 0 Å². The van der Waals surface area contributed by atoms with E-state index in [4.69, 9.17) is 0 Å². The number of anilines is 1. The van der Waals surface area contributed by atoms with Crippen LogP contribution >= 0.6 is 15.9 Å². The van der Waals surface area contributed by atoms with Crippen LogP contribution in [-0.4, -0.2) is 31.1 Å². The number of nitrogens with one attached hydrogen (secondary N) is 1. The molecule has 1 aromatic rings. The molecular weight excluding hydrogens is 276 g/mol. The van der Waals surface area contributed by atoms with Crippen LogP contribution in [0.5, 0.6) is 0 Å². The molecule has 0 saturated heterocycles. The molecule has 0 aliphatic heterocycles. The molecule has 0 heterocycles. The summed E-state index contributed by atoms with van der Waals surface area (Å²) in [4.78, 5) is 2.49. The molecule has 2 nitrogen and oxygen atoms in total. The second-order valence-corrected chi connectivity index (χ2v) is 5.05. The molecule has 1 rings (SSSR count). The van der Waals surface area contributed by atoms with Gasteiger partial charge in [-0.15, -0.1) is 0 Å². The van der Waals surface area contributed by atoms with Gasteiger partial charge in [0.15, 0.2) is 0 Å². The molecule has 0 radical (unpaired) electrons. The minimum atomic E-state index is 1.00. The number of nitrogens with zero attached hydrogens (tertiary/aromatic N) is 1. The van der Waals surface area contributed by atoms with Crippen molar-refractivity contribution in [3.63, 3.8) is 0 Å². The van der Waals surface area contributed by atoms with Crippen molar-refractivity contribution >= 4 is 21.6 Å². The van der Waals surface area contributed by atoms with Gasteiger partial charge >= 0.3 is 0 Å². The Hall–Kier alpha value is -0.540. The molecule has 0 saturated carbocycles. The van der Waals surface area contributed by atoms with Crippen molar-refractivity contribution in [3.8, 4) is 0 Å². The summed E-state index contributed by atoms with van der Waals surface area (Å²) in [5, 5.41) is 3.47. The summed E-state index contributed by atoms with van der Waals surface area (Å²) in [5.41, 5.74) is 1.18. The van der Waals surface area contributed by atoms with Crippen LogP contribution in [-0.2, 0) is 0 Å². The summed E-state index contributed by atoms with van der Waals surface area (Å²) in [6, 6.07) is 8.26. The molecule has 0 unspecified atom stereocenters. The van der Waals surface area contributed by atoms with Crippen molar-refractivity contribution in [2.75, 3.05) is 31.5 Å². The lowest BCUT2D eigenvalue weighted by Crippen LogP contribution is -2.29. The Kier molecular flexibility index (Phi) is 7.29. The molecule has 0 bridgehead atoms. The average molecular weight is 299 g/mol. The van der Waals surface area contributed by atoms with Crippen LogP contribution in [0.1, 0.15) is 26.7 Å². The first kappa shape index (κ1) is 14.5. The van der Waals surface area contributed by atoms with Gasteiger partial charge < -0.3 is 10.2 Å². The van der Waals surface area contributed by atoms with Gasteiger partial charge in [-0.3, -0.25) is 0 Å². The smallest absolute Gasteiger partial charge is 0.0485 e.